The van der Waals surface area contributed by atoms with Crippen LogP contribution in [0.25, 0.3) is 0 Å². The molecule has 0 amide bonds. The summed E-state index contributed by atoms with van der Waals surface area (Å²) in [5.74, 6) is 0.274. The van der Waals surface area contributed by atoms with Crippen LogP contribution >= 0.6 is 15.9 Å². The van der Waals surface area contributed by atoms with Crippen LogP contribution in [-0.2, 0) is 0 Å². The predicted molar refractivity (Wildman–Crippen MR) is 94.9 cm³/mol. The summed E-state index contributed by atoms with van der Waals surface area (Å²) in [4.78, 5) is 12.0. The molecule has 0 saturated carbocycles. The van der Waals surface area contributed by atoms with Crippen molar-refractivity contribution in [3.05, 3.63) is 34.3 Å². The summed E-state index contributed by atoms with van der Waals surface area (Å²) in [5, 5.41) is 0. The van der Waals surface area contributed by atoms with Crippen molar-refractivity contribution < 1.29 is 4.79 Å². The minimum Gasteiger partial charge on any atom is -0.294 e. The van der Waals surface area contributed by atoms with Crippen LogP contribution in [0.3, 0.4) is 0 Å². The van der Waals surface area contributed by atoms with Gasteiger partial charge < -0.3 is 0 Å². The Morgan fingerprint density at radius 3 is 2.05 bits per heavy atom. The predicted octanol–water partition coefficient (Wildman–Crippen LogP) is 6.94. The van der Waals surface area contributed by atoms with Gasteiger partial charge in [0.25, 0.3) is 0 Å². The second-order valence-electron chi connectivity index (χ2n) is 5.87. The summed E-state index contributed by atoms with van der Waals surface area (Å²) >= 11 is 3.41. The minimum atomic E-state index is 0.274. The van der Waals surface area contributed by atoms with E-state index in [1.165, 1.54) is 57.8 Å². The highest BCUT2D eigenvalue weighted by atomic mass is 79.9. The first kappa shape index (κ1) is 18.4. The van der Waals surface area contributed by atoms with E-state index >= 15 is 0 Å². The Balaban J connectivity index is 1.98. The van der Waals surface area contributed by atoms with Crippen LogP contribution in [-0.4, -0.2) is 5.78 Å². The van der Waals surface area contributed by atoms with Gasteiger partial charge >= 0.3 is 0 Å². The largest absolute Gasteiger partial charge is 0.294 e. The topological polar surface area (TPSA) is 17.1 Å². The molecule has 0 aliphatic carbocycles. The Labute approximate surface area is 138 Å². The van der Waals surface area contributed by atoms with E-state index in [4.69, 9.17) is 0 Å². The molecule has 0 N–H and O–H groups in total. The van der Waals surface area contributed by atoms with Gasteiger partial charge in [-0.15, -0.1) is 0 Å². The third kappa shape index (κ3) is 9.08. The third-order valence-corrected chi connectivity index (χ3v) is 4.40. The van der Waals surface area contributed by atoms with E-state index in [1.54, 1.807) is 0 Å². The Morgan fingerprint density at radius 1 is 0.905 bits per heavy atom. The standard InChI is InChI=1S/C19H29BrO/c1-2-3-4-5-6-7-8-9-10-11-15-19(21)17-13-12-14-18(20)16-17/h12-14,16H,2-11,15H2,1H3. The van der Waals surface area contributed by atoms with Gasteiger partial charge in [-0.25, -0.2) is 0 Å². The maximum atomic E-state index is 12.0. The molecule has 0 aliphatic heterocycles. The van der Waals surface area contributed by atoms with E-state index in [0.29, 0.717) is 6.42 Å². The highest BCUT2D eigenvalue weighted by Crippen LogP contribution is 2.15. The lowest BCUT2D eigenvalue weighted by molar-refractivity contribution is 0.0979. The van der Waals surface area contributed by atoms with Crippen LogP contribution in [0.5, 0.6) is 0 Å². The van der Waals surface area contributed by atoms with Crippen LogP contribution in [0.2, 0.25) is 0 Å². The first-order valence-corrected chi connectivity index (χ1v) is 9.32. The molecule has 0 aromatic heterocycles. The second-order valence-corrected chi connectivity index (χ2v) is 6.78. The molecular weight excluding hydrogens is 324 g/mol. The van der Waals surface area contributed by atoms with Crippen molar-refractivity contribution in [2.45, 2.75) is 77.6 Å². The summed E-state index contributed by atoms with van der Waals surface area (Å²) in [7, 11) is 0. The lowest BCUT2D eigenvalue weighted by Crippen LogP contribution is -1.98. The molecular formula is C19H29BrO. The molecule has 0 spiro atoms. The molecule has 0 saturated heterocycles. The second kappa shape index (κ2) is 12.0. The minimum absolute atomic E-state index is 0.274. The molecule has 0 fully saturated rings. The summed E-state index contributed by atoms with van der Waals surface area (Å²) in [6.45, 7) is 2.26. The van der Waals surface area contributed by atoms with E-state index in [0.717, 1.165) is 16.5 Å². The van der Waals surface area contributed by atoms with Gasteiger partial charge in [-0.3, -0.25) is 4.79 Å². The fourth-order valence-electron chi connectivity index (χ4n) is 2.58. The summed E-state index contributed by atoms with van der Waals surface area (Å²) in [5.41, 5.74) is 0.834. The SMILES string of the molecule is CCCCCCCCCCCCC(=O)c1cccc(Br)c1. The van der Waals surface area contributed by atoms with Crippen LogP contribution in [0.15, 0.2) is 28.7 Å². The Morgan fingerprint density at radius 2 is 1.48 bits per heavy atom. The van der Waals surface area contributed by atoms with Gasteiger partial charge in [0.05, 0.1) is 0 Å². The highest BCUT2D eigenvalue weighted by Gasteiger charge is 2.05. The van der Waals surface area contributed by atoms with E-state index < -0.39 is 0 Å². The van der Waals surface area contributed by atoms with Gasteiger partial charge in [0, 0.05) is 16.5 Å². The molecule has 0 unspecified atom stereocenters. The first-order chi connectivity index (χ1) is 10.2. The lowest BCUT2D eigenvalue weighted by Gasteiger charge is -2.03. The summed E-state index contributed by atoms with van der Waals surface area (Å²) in [6, 6.07) is 7.70. The van der Waals surface area contributed by atoms with Gasteiger partial charge in [-0.1, -0.05) is 92.8 Å². The Bertz CT molecular complexity index is 400. The van der Waals surface area contributed by atoms with Crippen molar-refractivity contribution in [3.63, 3.8) is 0 Å². The molecule has 0 bridgehead atoms. The number of hydrogen-bond acceptors (Lipinski definition) is 1. The molecule has 0 aliphatic rings. The fourth-order valence-corrected chi connectivity index (χ4v) is 2.98. The van der Waals surface area contributed by atoms with Crippen molar-refractivity contribution in [2.24, 2.45) is 0 Å². The number of benzene rings is 1. The van der Waals surface area contributed by atoms with E-state index in [9.17, 15) is 4.79 Å². The summed E-state index contributed by atoms with van der Waals surface area (Å²) < 4.78 is 0.983. The van der Waals surface area contributed by atoms with Crippen LogP contribution < -0.4 is 0 Å². The molecule has 0 heterocycles. The monoisotopic (exact) mass is 352 g/mol. The lowest BCUT2D eigenvalue weighted by atomic mass is 10.0. The zero-order valence-electron chi connectivity index (χ0n) is 13.4. The van der Waals surface area contributed by atoms with Gasteiger partial charge in [-0.2, -0.15) is 0 Å². The number of halogens is 1. The van der Waals surface area contributed by atoms with Gasteiger partial charge in [0.2, 0.25) is 0 Å². The van der Waals surface area contributed by atoms with Gasteiger partial charge in [0.1, 0.15) is 0 Å². The highest BCUT2D eigenvalue weighted by molar-refractivity contribution is 9.10. The van der Waals surface area contributed by atoms with Crippen molar-refractivity contribution in [2.75, 3.05) is 0 Å². The zero-order chi connectivity index (χ0) is 15.3. The summed E-state index contributed by atoms with van der Waals surface area (Å²) in [6.07, 6.45) is 13.8. The van der Waals surface area contributed by atoms with Crippen molar-refractivity contribution in [3.8, 4) is 0 Å². The quantitative estimate of drug-likeness (QED) is 0.294. The fraction of sp³-hybridized carbons (Fsp3) is 0.632. The molecule has 1 aromatic carbocycles. The van der Waals surface area contributed by atoms with Crippen LogP contribution in [0.1, 0.15) is 87.9 Å². The number of Topliss-reactive ketones (excluding diaryl/α,β-unsaturated/α-hetero) is 1. The zero-order valence-corrected chi connectivity index (χ0v) is 15.0. The number of carbonyl (C=O) groups excluding carboxylic acids is 1. The van der Waals surface area contributed by atoms with Crippen molar-refractivity contribution >= 4 is 21.7 Å². The van der Waals surface area contributed by atoms with Crippen LogP contribution in [0.4, 0.5) is 0 Å². The molecule has 0 radical (unpaired) electrons. The Hall–Kier alpha value is -0.630. The van der Waals surface area contributed by atoms with Crippen LogP contribution in [0, 0.1) is 0 Å². The normalized spacial score (nSPS) is 10.8. The molecule has 1 rings (SSSR count). The van der Waals surface area contributed by atoms with E-state index in [2.05, 4.69) is 22.9 Å². The molecule has 1 nitrogen and oxygen atoms in total. The Kier molecular flexibility index (Phi) is 10.5. The molecule has 0 atom stereocenters. The van der Waals surface area contributed by atoms with Gasteiger partial charge in [-0.05, 0) is 18.6 Å². The molecule has 118 valence electrons. The molecule has 2 heteroatoms. The third-order valence-electron chi connectivity index (χ3n) is 3.90. The number of rotatable bonds is 12. The number of unbranched alkanes of at least 4 members (excludes halogenated alkanes) is 9. The van der Waals surface area contributed by atoms with Crippen molar-refractivity contribution in [1.29, 1.82) is 0 Å². The number of carbonyl (C=O) groups is 1. The molecule has 1 aromatic rings. The maximum Gasteiger partial charge on any atom is 0.162 e. The molecule has 21 heavy (non-hydrogen) atoms. The number of ketones is 1. The smallest absolute Gasteiger partial charge is 0.162 e. The van der Waals surface area contributed by atoms with Gasteiger partial charge in [0.15, 0.2) is 5.78 Å². The average molecular weight is 353 g/mol. The van der Waals surface area contributed by atoms with E-state index in [1.807, 2.05) is 24.3 Å². The van der Waals surface area contributed by atoms with Crippen molar-refractivity contribution in [1.82, 2.24) is 0 Å². The maximum absolute atomic E-state index is 12.0. The number of hydrogen-bond donors (Lipinski definition) is 0. The first-order valence-electron chi connectivity index (χ1n) is 8.53. The average Bonchev–Trinajstić information content (AvgIpc) is 2.49. The van der Waals surface area contributed by atoms with E-state index in [-0.39, 0.29) is 5.78 Å².